The lowest BCUT2D eigenvalue weighted by atomic mass is 9.68. The number of hydrogen-bond donors (Lipinski definition) is 0. The predicted octanol–water partition coefficient (Wildman–Crippen LogP) is 5.51. The highest BCUT2D eigenvalue weighted by atomic mass is 14.7. The van der Waals surface area contributed by atoms with Gasteiger partial charge in [-0.2, -0.15) is 0 Å². The van der Waals surface area contributed by atoms with Crippen LogP contribution in [0.5, 0.6) is 0 Å². The zero-order valence-corrected chi connectivity index (χ0v) is 13.9. The van der Waals surface area contributed by atoms with Crippen LogP contribution in [0.25, 0.3) is 0 Å². The molecule has 0 spiro atoms. The van der Waals surface area contributed by atoms with Gasteiger partial charge < -0.3 is 0 Å². The van der Waals surface area contributed by atoms with Crippen molar-refractivity contribution in [2.24, 2.45) is 27.7 Å². The first-order valence-corrected chi connectivity index (χ1v) is 7.78. The molecule has 1 aliphatic carbocycles. The standard InChI is InChI=1S/C18H33N/c1-14(12-19-13-17(2,3)4)15-8-10-16(11-9-15)18(5,6)7/h13,15-16H,1,8-12H2,2-7H3. The maximum atomic E-state index is 4.56. The summed E-state index contributed by atoms with van der Waals surface area (Å²) in [7, 11) is 0. The van der Waals surface area contributed by atoms with Gasteiger partial charge in [-0.3, -0.25) is 4.99 Å². The zero-order chi connectivity index (χ0) is 14.7. The largest absolute Gasteiger partial charge is 0.293 e. The lowest BCUT2D eigenvalue weighted by molar-refractivity contribution is 0.159. The maximum Gasteiger partial charge on any atom is 0.0596 e. The Labute approximate surface area is 120 Å². The second kappa shape index (κ2) is 6.24. The van der Waals surface area contributed by atoms with Crippen LogP contribution in [-0.2, 0) is 0 Å². The van der Waals surface area contributed by atoms with Crippen LogP contribution in [0.4, 0.5) is 0 Å². The molecular weight excluding hydrogens is 230 g/mol. The average molecular weight is 263 g/mol. The number of aliphatic imine (C=N–C) groups is 1. The smallest absolute Gasteiger partial charge is 0.0596 e. The van der Waals surface area contributed by atoms with Crippen LogP contribution in [0, 0.1) is 22.7 Å². The van der Waals surface area contributed by atoms with E-state index < -0.39 is 0 Å². The highest BCUT2D eigenvalue weighted by Gasteiger charge is 2.30. The number of nitrogens with zero attached hydrogens (tertiary/aromatic N) is 1. The fraction of sp³-hybridized carbons (Fsp3) is 0.833. The summed E-state index contributed by atoms with van der Waals surface area (Å²) in [6, 6.07) is 0. The van der Waals surface area contributed by atoms with Crippen LogP contribution in [0.3, 0.4) is 0 Å². The van der Waals surface area contributed by atoms with Crippen molar-refractivity contribution in [2.45, 2.75) is 67.2 Å². The normalized spacial score (nSPS) is 25.8. The van der Waals surface area contributed by atoms with Crippen molar-refractivity contribution in [2.75, 3.05) is 6.54 Å². The van der Waals surface area contributed by atoms with Gasteiger partial charge in [-0.1, -0.05) is 53.7 Å². The molecule has 0 unspecified atom stereocenters. The summed E-state index contributed by atoms with van der Waals surface area (Å²) in [5, 5.41) is 0. The van der Waals surface area contributed by atoms with Crippen LogP contribution in [0.15, 0.2) is 17.1 Å². The quantitative estimate of drug-likeness (QED) is 0.470. The van der Waals surface area contributed by atoms with Crippen molar-refractivity contribution in [1.82, 2.24) is 0 Å². The van der Waals surface area contributed by atoms with Gasteiger partial charge >= 0.3 is 0 Å². The van der Waals surface area contributed by atoms with Crippen molar-refractivity contribution < 1.29 is 0 Å². The van der Waals surface area contributed by atoms with Crippen LogP contribution in [-0.4, -0.2) is 12.8 Å². The summed E-state index contributed by atoms with van der Waals surface area (Å²) in [5.74, 6) is 1.59. The van der Waals surface area contributed by atoms with Gasteiger partial charge in [0.1, 0.15) is 0 Å². The fourth-order valence-electron chi connectivity index (χ4n) is 2.93. The van der Waals surface area contributed by atoms with Gasteiger partial charge in [0.25, 0.3) is 0 Å². The molecule has 0 N–H and O–H groups in total. The molecule has 0 aliphatic heterocycles. The Bertz CT molecular complexity index is 317. The van der Waals surface area contributed by atoms with E-state index in [9.17, 15) is 0 Å². The van der Waals surface area contributed by atoms with Crippen molar-refractivity contribution in [3.05, 3.63) is 12.2 Å². The van der Waals surface area contributed by atoms with Crippen molar-refractivity contribution in [3.8, 4) is 0 Å². The molecule has 0 saturated heterocycles. The summed E-state index contributed by atoms with van der Waals surface area (Å²) in [5.41, 5.74) is 1.99. The first-order valence-electron chi connectivity index (χ1n) is 7.78. The van der Waals surface area contributed by atoms with Crippen molar-refractivity contribution >= 4 is 6.21 Å². The molecule has 0 aromatic heterocycles. The molecule has 0 amide bonds. The van der Waals surface area contributed by atoms with Crippen LogP contribution >= 0.6 is 0 Å². The van der Waals surface area contributed by atoms with Gasteiger partial charge in [0, 0.05) is 6.21 Å². The number of rotatable bonds is 3. The van der Waals surface area contributed by atoms with Gasteiger partial charge in [-0.15, -0.1) is 0 Å². The molecule has 1 aliphatic rings. The van der Waals surface area contributed by atoms with Gasteiger partial charge in [-0.25, -0.2) is 0 Å². The Morgan fingerprint density at radius 3 is 2.00 bits per heavy atom. The summed E-state index contributed by atoms with van der Waals surface area (Å²) in [6.45, 7) is 18.8. The van der Waals surface area contributed by atoms with E-state index in [1.807, 2.05) is 0 Å². The second-order valence-electron chi connectivity index (χ2n) is 8.41. The molecule has 1 heteroatoms. The highest BCUT2D eigenvalue weighted by molar-refractivity contribution is 5.64. The lowest BCUT2D eigenvalue weighted by Gasteiger charge is -2.37. The summed E-state index contributed by atoms with van der Waals surface area (Å²) >= 11 is 0. The molecule has 0 aromatic carbocycles. The first-order chi connectivity index (χ1) is 8.59. The lowest BCUT2D eigenvalue weighted by Crippen LogP contribution is -2.26. The average Bonchev–Trinajstić information content (AvgIpc) is 2.26. The third-order valence-corrected chi connectivity index (χ3v) is 4.30. The second-order valence-corrected chi connectivity index (χ2v) is 8.41. The van der Waals surface area contributed by atoms with E-state index in [0.717, 1.165) is 12.5 Å². The maximum absolute atomic E-state index is 4.56. The van der Waals surface area contributed by atoms with E-state index in [1.165, 1.54) is 31.3 Å². The van der Waals surface area contributed by atoms with E-state index in [2.05, 4.69) is 59.3 Å². The van der Waals surface area contributed by atoms with Crippen LogP contribution < -0.4 is 0 Å². The molecule has 1 saturated carbocycles. The minimum Gasteiger partial charge on any atom is -0.293 e. The molecule has 1 rings (SSSR count). The zero-order valence-electron chi connectivity index (χ0n) is 13.9. The molecule has 0 radical (unpaired) electrons. The first kappa shape index (κ1) is 16.5. The molecule has 1 fully saturated rings. The molecular formula is C18H33N. The Morgan fingerprint density at radius 2 is 1.58 bits per heavy atom. The van der Waals surface area contributed by atoms with E-state index in [0.29, 0.717) is 11.3 Å². The Morgan fingerprint density at radius 1 is 1.05 bits per heavy atom. The SMILES string of the molecule is C=C(CN=CC(C)(C)C)C1CCC(C(C)(C)C)CC1. The van der Waals surface area contributed by atoms with Gasteiger partial charge in [0.05, 0.1) is 6.54 Å². The Balaban J connectivity index is 2.39. The Kier molecular flexibility index (Phi) is 5.41. The van der Waals surface area contributed by atoms with Crippen molar-refractivity contribution in [1.29, 1.82) is 0 Å². The predicted molar refractivity (Wildman–Crippen MR) is 86.9 cm³/mol. The number of hydrogen-bond acceptors (Lipinski definition) is 1. The molecule has 1 nitrogen and oxygen atoms in total. The third kappa shape index (κ3) is 5.93. The van der Waals surface area contributed by atoms with E-state index >= 15 is 0 Å². The minimum absolute atomic E-state index is 0.185. The summed E-state index contributed by atoms with van der Waals surface area (Å²) in [6.07, 6.45) is 7.41. The minimum atomic E-state index is 0.185. The van der Waals surface area contributed by atoms with E-state index in [4.69, 9.17) is 0 Å². The van der Waals surface area contributed by atoms with Gasteiger partial charge in [-0.05, 0) is 48.3 Å². The van der Waals surface area contributed by atoms with E-state index in [1.54, 1.807) is 0 Å². The molecule has 0 aromatic rings. The van der Waals surface area contributed by atoms with Crippen LogP contribution in [0.2, 0.25) is 0 Å². The molecule has 0 atom stereocenters. The molecule has 19 heavy (non-hydrogen) atoms. The molecule has 0 heterocycles. The van der Waals surface area contributed by atoms with Gasteiger partial charge in [0.15, 0.2) is 0 Å². The third-order valence-electron chi connectivity index (χ3n) is 4.30. The molecule has 0 bridgehead atoms. The van der Waals surface area contributed by atoms with Crippen LogP contribution in [0.1, 0.15) is 67.2 Å². The van der Waals surface area contributed by atoms with Crippen molar-refractivity contribution in [3.63, 3.8) is 0 Å². The summed E-state index contributed by atoms with van der Waals surface area (Å²) in [4.78, 5) is 4.56. The fourth-order valence-corrected chi connectivity index (χ4v) is 2.93. The van der Waals surface area contributed by atoms with E-state index in [-0.39, 0.29) is 5.41 Å². The highest BCUT2D eigenvalue weighted by Crippen LogP contribution is 2.41. The molecule has 110 valence electrons. The van der Waals surface area contributed by atoms with Gasteiger partial charge in [0.2, 0.25) is 0 Å². The Hall–Kier alpha value is -0.590. The topological polar surface area (TPSA) is 12.4 Å². The summed E-state index contributed by atoms with van der Waals surface area (Å²) < 4.78 is 0. The monoisotopic (exact) mass is 263 g/mol.